The number of hydrogen-bond donors (Lipinski definition) is 0. The van der Waals surface area contributed by atoms with Crippen LogP contribution < -0.4 is 9.47 Å². The van der Waals surface area contributed by atoms with Crippen LogP contribution in [0.25, 0.3) is 0 Å². The van der Waals surface area contributed by atoms with Gasteiger partial charge < -0.3 is 14.4 Å². The molecule has 3 aliphatic rings. The van der Waals surface area contributed by atoms with Crippen LogP contribution >= 0.6 is 0 Å². The average Bonchev–Trinajstić information content (AvgIpc) is 3.23. The van der Waals surface area contributed by atoms with Gasteiger partial charge in [0.15, 0.2) is 11.5 Å². The molecule has 1 fully saturated rings. The van der Waals surface area contributed by atoms with Crippen molar-refractivity contribution in [3.05, 3.63) is 35.9 Å². The molecule has 1 aliphatic carbocycles. The predicted octanol–water partition coefficient (Wildman–Crippen LogP) is 3.44. The maximum absolute atomic E-state index is 12.9. The van der Waals surface area contributed by atoms with E-state index in [4.69, 9.17) is 9.47 Å². The highest BCUT2D eigenvalue weighted by Gasteiger charge is 2.34. The molecule has 2 atom stereocenters. The molecule has 0 bridgehead atoms. The molecule has 1 aromatic rings. The van der Waals surface area contributed by atoms with Crippen molar-refractivity contribution in [1.29, 1.82) is 0 Å². The van der Waals surface area contributed by atoms with E-state index in [1.165, 1.54) is 5.56 Å². The van der Waals surface area contributed by atoms with Crippen molar-refractivity contribution in [2.45, 2.75) is 38.1 Å². The minimum absolute atomic E-state index is 0.166. The smallest absolute Gasteiger partial charge is 0.231 e. The molecule has 1 amide bonds. The summed E-state index contributed by atoms with van der Waals surface area (Å²) in [6.07, 6.45) is 9.35. The molecule has 0 unspecified atom stereocenters. The number of likely N-dealkylation sites (tertiary alicyclic amines) is 1. The third-order valence-corrected chi connectivity index (χ3v) is 4.94. The van der Waals surface area contributed by atoms with Crippen LogP contribution in [0, 0.1) is 5.92 Å². The van der Waals surface area contributed by atoms with E-state index < -0.39 is 0 Å². The van der Waals surface area contributed by atoms with Crippen LogP contribution in [0.1, 0.15) is 43.7 Å². The Bertz CT molecular complexity index is 610. The number of carbonyl (C=O) groups excluding carboxylic acids is 1. The summed E-state index contributed by atoms with van der Waals surface area (Å²) in [5.74, 6) is 2.10. The second-order valence-corrected chi connectivity index (χ2v) is 6.28. The molecule has 0 aromatic heterocycles. The van der Waals surface area contributed by atoms with Crippen LogP contribution in [0.3, 0.4) is 0 Å². The summed E-state index contributed by atoms with van der Waals surface area (Å²) in [5, 5.41) is 0. The number of rotatable bonds is 2. The Balaban J connectivity index is 1.55. The zero-order valence-electron chi connectivity index (χ0n) is 12.7. The molecule has 0 saturated carbocycles. The number of fused-ring (bicyclic) bond motifs is 1. The van der Waals surface area contributed by atoms with Gasteiger partial charge in [0.25, 0.3) is 0 Å². The normalized spacial score (nSPS) is 26.5. The van der Waals surface area contributed by atoms with Crippen LogP contribution in [-0.4, -0.2) is 24.1 Å². The standard InChI is InChI=1S/C18H21NO3/c20-18(13-5-2-1-3-6-13)19-10-4-7-15(19)14-8-9-16-17(11-14)22-12-21-16/h1-2,8-9,11,13,15H,3-7,10,12H2/t13-,15-/m1/s1. The molecule has 22 heavy (non-hydrogen) atoms. The van der Waals surface area contributed by atoms with Gasteiger partial charge in [-0.3, -0.25) is 4.79 Å². The third kappa shape index (κ3) is 2.36. The fourth-order valence-electron chi connectivity index (χ4n) is 3.75. The van der Waals surface area contributed by atoms with E-state index in [0.29, 0.717) is 12.7 Å². The van der Waals surface area contributed by atoms with Gasteiger partial charge in [0.05, 0.1) is 6.04 Å². The Morgan fingerprint density at radius 1 is 1.14 bits per heavy atom. The van der Waals surface area contributed by atoms with E-state index >= 15 is 0 Å². The van der Waals surface area contributed by atoms with E-state index in [1.807, 2.05) is 12.1 Å². The Kier molecular flexibility index (Phi) is 3.53. The lowest BCUT2D eigenvalue weighted by atomic mass is 9.92. The number of ether oxygens (including phenoxy) is 2. The van der Waals surface area contributed by atoms with E-state index in [1.54, 1.807) is 0 Å². The number of carbonyl (C=O) groups is 1. The number of amides is 1. The second-order valence-electron chi connectivity index (χ2n) is 6.28. The topological polar surface area (TPSA) is 38.8 Å². The van der Waals surface area contributed by atoms with Crippen molar-refractivity contribution in [3.63, 3.8) is 0 Å². The van der Waals surface area contributed by atoms with Crippen molar-refractivity contribution in [2.75, 3.05) is 13.3 Å². The number of benzene rings is 1. The zero-order chi connectivity index (χ0) is 14.9. The molecular weight excluding hydrogens is 278 g/mol. The second kappa shape index (κ2) is 5.67. The molecule has 4 nitrogen and oxygen atoms in total. The lowest BCUT2D eigenvalue weighted by molar-refractivity contribution is -0.136. The summed E-state index contributed by atoms with van der Waals surface area (Å²) in [4.78, 5) is 14.9. The highest BCUT2D eigenvalue weighted by Crippen LogP contribution is 2.40. The molecule has 1 saturated heterocycles. The van der Waals surface area contributed by atoms with Crippen molar-refractivity contribution in [2.24, 2.45) is 5.92 Å². The molecular formula is C18H21NO3. The zero-order valence-corrected chi connectivity index (χ0v) is 12.7. The Labute approximate surface area is 130 Å². The van der Waals surface area contributed by atoms with Crippen molar-refractivity contribution < 1.29 is 14.3 Å². The Morgan fingerprint density at radius 3 is 2.91 bits per heavy atom. The van der Waals surface area contributed by atoms with E-state index in [-0.39, 0.29) is 12.0 Å². The lowest BCUT2D eigenvalue weighted by Gasteiger charge is -2.29. The first kappa shape index (κ1) is 13.7. The quantitative estimate of drug-likeness (QED) is 0.785. The minimum atomic E-state index is 0.166. The Morgan fingerprint density at radius 2 is 2.05 bits per heavy atom. The largest absolute Gasteiger partial charge is 0.454 e. The molecule has 2 aliphatic heterocycles. The van der Waals surface area contributed by atoms with Gasteiger partial charge >= 0.3 is 0 Å². The first-order valence-corrected chi connectivity index (χ1v) is 8.18. The van der Waals surface area contributed by atoms with Crippen LogP contribution in [0.2, 0.25) is 0 Å². The predicted molar refractivity (Wildman–Crippen MR) is 82.7 cm³/mol. The van der Waals surface area contributed by atoms with Gasteiger partial charge in [-0.25, -0.2) is 0 Å². The molecule has 4 rings (SSSR count). The van der Waals surface area contributed by atoms with Crippen LogP contribution in [0.5, 0.6) is 11.5 Å². The molecule has 4 heteroatoms. The molecule has 0 radical (unpaired) electrons. The molecule has 1 aromatic carbocycles. The summed E-state index contributed by atoms with van der Waals surface area (Å²) in [6.45, 7) is 1.17. The van der Waals surface area contributed by atoms with Gasteiger partial charge in [-0.1, -0.05) is 18.2 Å². The van der Waals surface area contributed by atoms with Crippen molar-refractivity contribution in [3.8, 4) is 11.5 Å². The van der Waals surface area contributed by atoms with Crippen LogP contribution in [0.15, 0.2) is 30.4 Å². The Hall–Kier alpha value is -1.97. The fourth-order valence-corrected chi connectivity index (χ4v) is 3.75. The highest BCUT2D eigenvalue weighted by molar-refractivity contribution is 5.80. The van der Waals surface area contributed by atoms with Crippen LogP contribution in [0.4, 0.5) is 0 Å². The monoisotopic (exact) mass is 299 g/mol. The molecule has 0 N–H and O–H groups in total. The van der Waals surface area contributed by atoms with Crippen molar-refractivity contribution in [1.82, 2.24) is 4.90 Å². The lowest BCUT2D eigenvalue weighted by Crippen LogP contribution is -2.36. The third-order valence-electron chi connectivity index (χ3n) is 4.94. The fraction of sp³-hybridized carbons (Fsp3) is 0.500. The van der Waals surface area contributed by atoms with Gasteiger partial charge in [-0.2, -0.15) is 0 Å². The van der Waals surface area contributed by atoms with Gasteiger partial charge in [-0.15, -0.1) is 0 Å². The summed E-state index contributed by atoms with van der Waals surface area (Å²) in [5.41, 5.74) is 1.17. The SMILES string of the molecule is O=C([C@@H]1CC=CCC1)N1CCC[C@@H]1c1ccc2c(c1)OCO2. The van der Waals surface area contributed by atoms with E-state index in [2.05, 4.69) is 23.1 Å². The van der Waals surface area contributed by atoms with Crippen LogP contribution in [-0.2, 0) is 4.79 Å². The first-order chi connectivity index (χ1) is 10.8. The van der Waals surface area contributed by atoms with Crippen molar-refractivity contribution >= 4 is 5.91 Å². The maximum atomic E-state index is 12.9. The summed E-state index contributed by atoms with van der Waals surface area (Å²) in [6, 6.07) is 6.26. The highest BCUT2D eigenvalue weighted by atomic mass is 16.7. The summed E-state index contributed by atoms with van der Waals surface area (Å²) in [7, 11) is 0. The summed E-state index contributed by atoms with van der Waals surface area (Å²) < 4.78 is 10.9. The van der Waals surface area contributed by atoms with Gasteiger partial charge in [0, 0.05) is 12.5 Å². The van der Waals surface area contributed by atoms with E-state index in [9.17, 15) is 4.79 Å². The summed E-state index contributed by atoms with van der Waals surface area (Å²) >= 11 is 0. The van der Waals surface area contributed by atoms with Gasteiger partial charge in [0.2, 0.25) is 12.7 Å². The molecule has 116 valence electrons. The minimum Gasteiger partial charge on any atom is -0.454 e. The molecule has 0 spiro atoms. The van der Waals surface area contributed by atoms with Gasteiger partial charge in [0.1, 0.15) is 0 Å². The van der Waals surface area contributed by atoms with E-state index in [0.717, 1.165) is 50.1 Å². The average molecular weight is 299 g/mol. The number of hydrogen-bond acceptors (Lipinski definition) is 3. The number of nitrogens with zero attached hydrogens (tertiary/aromatic N) is 1. The van der Waals surface area contributed by atoms with Gasteiger partial charge in [-0.05, 0) is 49.8 Å². The first-order valence-electron chi connectivity index (χ1n) is 8.18. The maximum Gasteiger partial charge on any atom is 0.231 e. The molecule has 2 heterocycles. The number of allylic oxidation sites excluding steroid dienone is 2.